The second-order valence-electron chi connectivity index (χ2n) is 5.85. The third-order valence-corrected chi connectivity index (χ3v) is 4.99. The van der Waals surface area contributed by atoms with E-state index < -0.39 is 6.10 Å². The maximum Gasteiger partial charge on any atom is 0.254 e. The van der Waals surface area contributed by atoms with Crippen molar-refractivity contribution in [3.63, 3.8) is 0 Å². The van der Waals surface area contributed by atoms with E-state index in [1.165, 1.54) is 23.0 Å². The molecule has 2 aromatic rings. The molecule has 0 saturated carbocycles. The summed E-state index contributed by atoms with van der Waals surface area (Å²) in [6.45, 7) is 1.18. The second-order valence-corrected chi connectivity index (χ2v) is 6.64. The molecule has 6 heteroatoms. The summed E-state index contributed by atoms with van der Waals surface area (Å²) < 4.78 is 0. The standard InChI is InChI=1S/C18H21N3O2S/c1-21-9-7-12-10-13(5-6-15(12)21)16(22)11-20-17(23)14-4-3-8-19-18(14)24-2/h3-6,8,10,16,22H,7,9,11H2,1-2H3,(H,20,23). The molecule has 5 nitrogen and oxygen atoms in total. The van der Waals surface area contributed by atoms with Gasteiger partial charge in [0.05, 0.1) is 11.7 Å². The van der Waals surface area contributed by atoms with E-state index in [4.69, 9.17) is 0 Å². The van der Waals surface area contributed by atoms with E-state index >= 15 is 0 Å². The minimum atomic E-state index is -0.723. The van der Waals surface area contributed by atoms with Crippen LogP contribution in [0.25, 0.3) is 0 Å². The topological polar surface area (TPSA) is 65.5 Å². The minimum absolute atomic E-state index is 0.177. The molecule has 2 N–H and O–H groups in total. The van der Waals surface area contributed by atoms with Crippen molar-refractivity contribution in [2.45, 2.75) is 17.6 Å². The molecule has 1 aromatic carbocycles. The van der Waals surface area contributed by atoms with Gasteiger partial charge in [0.2, 0.25) is 0 Å². The lowest BCUT2D eigenvalue weighted by atomic mass is 10.0. The first-order valence-electron chi connectivity index (χ1n) is 7.89. The highest BCUT2D eigenvalue weighted by Gasteiger charge is 2.19. The average molecular weight is 343 g/mol. The van der Waals surface area contributed by atoms with Gasteiger partial charge in [-0.25, -0.2) is 4.98 Å². The summed E-state index contributed by atoms with van der Waals surface area (Å²) in [5.74, 6) is -0.215. The van der Waals surface area contributed by atoms with Gasteiger partial charge in [-0.1, -0.05) is 12.1 Å². The van der Waals surface area contributed by atoms with E-state index in [9.17, 15) is 9.90 Å². The fourth-order valence-electron chi connectivity index (χ4n) is 2.92. The molecule has 0 radical (unpaired) electrons. The van der Waals surface area contributed by atoms with E-state index in [0.29, 0.717) is 10.6 Å². The zero-order valence-electron chi connectivity index (χ0n) is 13.8. The van der Waals surface area contributed by atoms with Gasteiger partial charge in [0, 0.05) is 32.0 Å². The fourth-order valence-corrected chi connectivity index (χ4v) is 3.47. The zero-order valence-corrected chi connectivity index (χ0v) is 14.6. The van der Waals surface area contributed by atoms with Gasteiger partial charge in [-0.15, -0.1) is 11.8 Å². The number of aliphatic hydroxyl groups is 1. The largest absolute Gasteiger partial charge is 0.387 e. The van der Waals surface area contributed by atoms with Gasteiger partial charge >= 0.3 is 0 Å². The number of hydrogen-bond acceptors (Lipinski definition) is 5. The molecule has 3 rings (SSSR count). The molecule has 1 atom stereocenters. The second kappa shape index (κ2) is 7.23. The van der Waals surface area contributed by atoms with E-state index in [1.54, 1.807) is 18.3 Å². The average Bonchev–Trinajstić information content (AvgIpc) is 2.99. The van der Waals surface area contributed by atoms with Crippen LogP contribution in [0.15, 0.2) is 41.6 Å². The smallest absolute Gasteiger partial charge is 0.254 e. The lowest BCUT2D eigenvalue weighted by Crippen LogP contribution is -2.29. The highest BCUT2D eigenvalue weighted by molar-refractivity contribution is 7.98. The van der Waals surface area contributed by atoms with Gasteiger partial charge in [0.15, 0.2) is 0 Å². The molecule has 1 aromatic heterocycles. The first kappa shape index (κ1) is 16.8. The Balaban J connectivity index is 1.65. The van der Waals surface area contributed by atoms with Crippen LogP contribution >= 0.6 is 11.8 Å². The molecule has 0 bridgehead atoms. The molecule has 1 aliphatic rings. The summed E-state index contributed by atoms with van der Waals surface area (Å²) in [6, 6.07) is 9.48. The summed E-state index contributed by atoms with van der Waals surface area (Å²) in [6.07, 6.45) is 3.82. The minimum Gasteiger partial charge on any atom is -0.387 e. The van der Waals surface area contributed by atoms with Crippen LogP contribution in [0.4, 0.5) is 5.69 Å². The van der Waals surface area contributed by atoms with Crippen molar-refractivity contribution in [3.8, 4) is 0 Å². The Kier molecular flexibility index (Phi) is 5.06. The molecule has 126 valence electrons. The molecule has 2 heterocycles. The van der Waals surface area contributed by atoms with Crippen molar-refractivity contribution >= 4 is 23.4 Å². The van der Waals surface area contributed by atoms with Crippen LogP contribution < -0.4 is 10.2 Å². The number of pyridine rings is 1. The van der Waals surface area contributed by atoms with Crippen LogP contribution in [0.5, 0.6) is 0 Å². The number of carbonyl (C=O) groups excluding carboxylic acids is 1. The maximum atomic E-state index is 12.3. The molecule has 1 amide bonds. The predicted octanol–water partition coefficient (Wildman–Crippen LogP) is 2.26. The van der Waals surface area contributed by atoms with Gasteiger partial charge in [0.1, 0.15) is 5.03 Å². The number of aliphatic hydroxyl groups excluding tert-OH is 1. The lowest BCUT2D eigenvalue weighted by molar-refractivity contribution is 0.0912. The van der Waals surface area contributed by atoms with Gasteiger partial charge in [0.25, 0.3) is 5.91 Å². The first-order valence-corrected chi connectivity index (χ1v) is 9.12. The number of hydrogen-bond donors (Lipinski definition) is 2. The van der Waals surface area contributed by atoms with E-state index in [0.717, 1.165) is 18.5 Å². The van der Waals surface area contributed by atoms with Gasteiger partial charge < -0.3 is 15.3 Å². The molecule has 1 unspecified atom stereocenters. The molecule has 24 heavy (non-hydrogen) atoms. The Hall–Kier alpha value is -2.05. The number of carbonyl (C=O) groups is 1. The van der Waals surface area contributed by atoms with Crippen molar-refractivity contribution < 1.29 is 9.90 Å². The van der Waals surface area contributed by atoms with E-state index in [2.05, 4.69) is 22.2 Å². The summed E-state index contributed by atoms with van der Waals surface area (Å²) >= 11 is 1.43. The van der Waals surface area contributed by atoms with Crippen LogP contribution in [0, 0.1) is 0 Å². The number of rotatable bonds is 5. The van der Waals surface area contributed by atoms with Crippen LogP contribution in [0.3, 0.4) is 0 Å². The summed E-state index contributed by atoms with van der Waals surface area (Å²) in [4.78, 5) is 18.7. The number of nitrogens with one attached hydrogen (secondary N) is 1. The third kappa shape index (κ3) is 3.39. The van der Waals surface area contributed by atoms with Gasteiger partial charge in [-0.05, 0) is 42.0 Å². The van der Waals surface area contributed by atoms with Crippen molar-refractivity contribution in [1.82, 2.24) is 10.3 Å². The summed E-state index contributed by atoms with van der Waals surface area (Å²) in [5.41, 5.74) is 3.83. The fraction of sp³-hybridized carbons (Fsp3) is 0.333. The van der Waals surface area contributed by atoms with Crippen LogP contribution in [0.1, 0.15) is 27.6 Å². The normalized spacial score (nSPS) is 14.4. The quantitative estimate of drug-likeness (QED) is 0.815. The van der Waals surface area contributed by atoms with Gasteiger partial charge in [-0.3, -0.25) is 4.79 Å². The molecule has 0 aliphatic carbocycles. The number of nitrogens with zero attached hydrogens (tertiary/aromatic N) is 2. The number of thioether (sulfide) groups is 1. The number of fused-ring (bicyclic) bond motifs is 1. The Morgan fingerprint density at radius 2 is 2.29 bits per heavy atom. The summed E-state index contributed by atoms with van der Waals surface area (Å²) in [5, 5.41) is 13.9. The number of benzene rings is 1. The van der Waals surface area contributed by atoms with E-state index in [1.807, 2.05) is 24.5 Å². The van der Waals surface area contributed by atoms with E-state index in [-0.39, 0.29) is 12.5 Å². The molecule has 0 saturated heterocycles. The Morgan fingerprint density at radius 1 is 1.46 bits per heavy atom. The molecular weight excluding hydrogens is 322 g/mol. The number of amides is 1. The van der Waals surface area contributed by atoms with Crippen LogP contribution in [-0.2, 0) is 6.42 Å². The van der Waals surface area contributed by atoms with Crippen LogP contribution in [0.2, 0.25) is 0 Å². The Labute approximate surface area is 146 Å². The first-order chi connectivity index (χ1) is 11.6. The molecule has 0 fully saturated rings. The Bertz CT molecular complexity index is 751. The number of anilines is 1. The van der Waals surface area contributed by atoms with Crippen molar-refractivity contribution in [3.05, 3.63) is 53.2 Å². The van der Waals surface area contributed by atoms with Crippen molar-refractivity contribution in [2.75, 3.05) is 31.3 Å². The monoisotopic (exact) mass is 343 g/mol. The SMILES string of the molecule is CSc1ncccc1C(=O)NCC(O)c1ccc2c(c1)CCN2C. The number of aromatic nitrogens is 1. The third-order valence-electron chi connectivity index (χ3n) is 4.28. The Morgan fingerprint density at radius 3 is 3.08 bits per heavy atom. The lowest BCUT2D eigenvalue weighted by Gasteiger charge is -2.16. The van der Waals surface area contributed by atoms with Crippen molar-refractivity contribution in [1.29, 1.82) is 0 Å². The molecule has 1 aliphatic heterocycles. The highest BCUT2D eigenvalue weighted by Crippen LogP contribution is 2.29. The molecular formula is C18H21N3O2S. The van der Waals surface area contributed by atoms with Gasteiger partial charge in [-0.2, -0.15) is 0 Å². The van der Waals surface area contributed by atoms with Crippen LogP contribution in [-0.4, -0.2) is 42.4 Å². The highest BCUT2D eigenvalue weighted by atomic mass is 32.2. The van der Waals surface area contributed by atoms with Crippen molar-refractivity contribution in [2.24, 2.45) is 0 Å². The zero-order chi connectivity index (χ0) is 17.1. The maximum absolute atomic E-state index is 12.3. The molecule has 0 spiro atoms. The summed E-state index contributed by atoms with van der Waals surface area (Å²) in [7, 11) is 2.07. The predicted molar refractivity (Wildman–Crippen MR) is 96.7 cm³/mol. The number of likely N-dealkylation sites (N-methyl/N-ethyl adjacent to an activating group) is 1.